The Morgan fingerprint density at radius 1 is 0.911 bits per heavy atom. The number of piperidine rings is 1. The molecule has 2 fully saturated rings. The van der Waals surface area contributed by atoms with Crippen molar-refractivity contribution in [3.05, 3.63) is 76.7 Å². The van der Waals surface area contributed by atoms with Gasteiger partial charge in [-0.1, -0.05) is 56.0 Å². The van der Waals surface area contributed by atoms with E-state index in [0.29, 0.717) is 17.4 Å². The number of ether oxygens (including phenoxy) is 1. The molecule has 2 aromatic heterocycles. The molecule has 6 rings (SSSR count). The molecule has 2 aliphatic rings. The van der Waals surface area contributed by atoms with Crippen molar-refractivity contribution in [3.8, 4) is 17.0 Å². The fourth-order valence-electron chi connectivity index (χ4n) is 6.89. The molecule has 2 aromatic carbocycles. The summed E-state index contributed by atoms with van der Waals surface area (Å²) in [5.74, 6) is 0.485. The van der Waals surface area contributed by atoms with Crippen molar-refractivity contribution in [3.63, 3.8) is 0 Å². The number of fused-ring (bicyclic) bond motifs is 1. The first-order valence-corrected chi connectivity index (χ1v) is 17.0. The van der Waals surface area contributed by atoms with E-state index in [0.717, 1.165) is 43.0 Å². The largest absolute Gasteiger partial charge is 0.489 e. The maximum absolute atomic E-state index is 12.1. The third-order valence-electron chi connectivity index (χ3n) is 9.33. The first-order valence-electron chi connectivity index (χ1n) is 16.1. The number of hydrogen-bond acceptors (Lipinski definition) is 5. The minimum atomic E-state index is -0.831. The van der Waals surface area contributed by atoms with Gasteiger partial charge in [0, 0.05) is 26.2 Å². The number of halogens is 2. The maximum atomic E-state index is 12.1. The number of likely N-dealkylation sites (N-methyl/N-ethyl adjacent to an activating group) is 1. The summed E-state index contributed by atoms with van der Waals surface area (Å²) in [7, 11) is 2.22. The van der Waals surface area contributed by atoms with Gasteiger partial charge in [0.25, 0.3) is 0 Å². The van der Waals surface area contributed by atoms with Crippen LogP contribution in [0.1, 0.15) is 78.1 Å². The summed E-state index contributed by atoms with van der Waals surface area (Å²) in [4.78, 5) is 17.6. The van der Waals surface area contributed by atoms with E-state index in [4.69, 9.17) is 4.74 Å². The van der Waals surface area contributed by atoms with Crippen molar-refractivity contribution in [2.75, 3.05) is 39.8 Å². The number of carboxylic acids is 1. The molecule has 1 aliphatic carbocycles. The van der Waals surface area contributed by atoms with E-state index in [1.807, 2.05) is 24.3 Å². The summed E-state index contributed by atoms with van der Waals surface area (Å²) in [5.41, 5.74) is 6.04. The first-order chi connectivity index (χ1) is 21.1. The highest BCUT2D eigenvalue weighted by Crippen LogP contribution is 2.47. The highest BCUT2D eigenvalue weighted by atomic mass is 35.5. The van der Waals surface area contributed by atoms with Crippen molar-refractivity contribution in [2.45, 2.75) is 70.4 Å². The van der Waals surface area contributed by atoms with Gasteiger partial charge >= 0.3 is 5.97 Å². The van der Waals surface area contributed by atoms with Crippen LogP contribution in [-0.4, -0.2) is 65.2 Å². The molecule has 45 heavy (non-hydrogen) atoms. The van der Waals surface area contributed by atoms with Gasteiger partial charge in [0.1, 0.15) is 17.2 Å². The van der Waals surface area contributed by atoms with E-state index in [-0.39, 0.29) is 24.8 Å². The molecule has 6 nitrogen and oxygen atoms in total. The number of carbonyl (C=O) groups is 1. The zero-order valence-corrected chi connectivity index (χ0v) is 28.7. The molecule has 1 saturated carbocycles. The Hall–Kier alpha value is -2.55. The van der Waals surface area contributed by atoms with E-state index in [9.17, 15) is 9.90 Å². The Morgan fingerprint density at radius 3 is 2.27 bits per heavy atom. The number of nitrogens with zero attached hydrogens (tertiary/aromatic N) is 3. The van der Waals surface area contributed by atoms with Crippen molar-refractivity contribution in [1.82, 2.24) is 14.4 Å². The molecule has 0 radical (unpaired) electrons. The molecule has 1 N–H and O–H groups in total. The Labute approximate surface area is 284 Å². The zero-order valence-electron chi connectivity index (χ0n) is 26.3. The van der Waals surface area contributed by atoms with Crippen LogP contribution >= 0.6 is 36.2 Å². The normalized spacial score (nSPS) is 16.0. The second-order valence-electron chi connectivity index (χ2n) is 12.4. The summed E-state index contributed by atoms with van der Waals surface area (Å²) in [6.07, 6.45) is 10.1. The molecular formula is C36H47Cl2N3O3S. The summed E-state index contributed by atoms with van der Waals surface area (Å²) in [6.45, 7) is 6.90. The molecule has 1 saturated heterocycles. The molecular weight excluding hydrogens is 625 g/mol. The van der Waals surface area contributed by atoms with Gasteiger partial charge in [-0.25, -0.2) is 4.79 Å². The summed E-state index contributed by atoms with van der Waals surface area (Å²) < 4.78 is 9.72. The third kappa shape index (κ3) is 8.63. The molecule has 244 valence electrons. The third-order valence-corrected chi connectivity index (χ3v) is 10.5. The van der Waals surface area contributed by atoms with Crippen molar-refractivity contribution < 1.29 is 14.6 Å². The number of aromatic nitrogens is 1. The fourth-order valence-corrected chi connectivity index (χ4v) is 8.02. The average molecular weight is 673 g/mol. The highest BCUT2D eigenvalue weighted by Gasteiger charge is 2.29. The van der Waals surface area contributed by atoms with Gasteiger partial charge in [0.15, 0.2) is 0 Å². The van der Waals surface area contributed by atoms with E-state index in [1.165, 1.54) is 97.3 Å². The van der Waals surface area contributed by atoms with Crippen molar-refractivity contribution in [1.29, 1.82) is 0 Å². The Balaban J connectivity index is 0.00000230. The van der Waals surface area contributed by atoms with Crippen LogP contribution in [0.5, 0.6) is 5.75 Å². The quantitative estimate of drug-likeness (QED) is 0.163. The van der Waals surface area contributed by atoms with Crippen molar-refractivity contribution >= 4 is 52.3 Å². The van der Waals surface area contributed by atoms with Crippen LogP contribution < -0.4 is 4.74 Å². The highest BCUT2D eigenvalue weighted by molar-refractivity contribution is 7.21. The summed E-state index contributed by atoms with van der Waals surface area (Å²) in [5, 5.41) is 9.93. The second kappa shape index (κ2) is 16.8. The number of hydrogen-bond donors (Lipinski definition) is 1. The van der Waals surface area contributed by atoms with Crippen LogP contribution in [0.2, 0.25) is 0 Å². The predicted molar refractivity (Wildman–Crippen MR) is 191 cm³/mol. The van der Waals surface area contributed by atoms with Crippen LogP contribution in [-0.2, 0) is 13.2 Å². The number of rotatable bonds is 12. The van der Waals surface area contributed by atoms with Gasteiger partial charge in [-0.3, -0.25) is 0 Å². The van der Waals surface area contributed by atoms with Gasteiger partial charge in [0.05, 0.1) is 15.9 Å². The standard InChI is InChI=1S/C36H45N3O3S.2ClH/c1-37(21-23-38-19-9-4-10-20-38)22-24-39-31-25-32(36(40)41)43-35(31)33(28-13-7-3-8-14-28)34(39)29-15-17-30(18-16-29)42-26-27-11-5-2-6-12-27;;/h2,5-6,11-12,15-18,25,28H,3-4,7-10,13-14,19-24,26H2,1H3,(H,40,41);2*1H. The lowest BCUT2D eigenvalue weighted by atomic mass is 9.83. The van der Waals surface area contributed by atoms with Gasteiger partial charge in [0.2, 0.25) is 0 Å². The number of likely N-dealkylation sites (tertiary alicyclic amines) is 1. The van der Waals surface area contributed by atoms with Gasteiger partial charge in [-0.15, -0.1) is 36.2 Å². The molecule has 0 spiro atoms. The van der Waals surface area contributed by atoms with E-state index >= 15 is 0 Å². The topological polar surface area (TPSA) is 57.9 Å². The number of thiophene rings is 1. The molecule has 9 heteroatoms. The molecule has 1 aliphatic heterocycles. The number of benzene rings is 2. The van der Waals surface area contributed by atoms with Gasteiger partial charge in [-0.2, -0.15) is 0 Å². The zero-order chi connectivity index (χ0) is 29.6. The van der Waals surface area contributed by atoms with Crippen LogP contribution in [0.15, 0.2) is 60.7 Å². The SMILES string of the molecule is CN(CCN1CCCCC1)CCn1c(-c2ccc(OCc3ccccc3)cc2)c(C2CCCCC2)c2sc(C(=O)O)cc21.Cl.Cl. The smallest absolute Gasteiger partial charge is 0.345 e. The molecule has 0 bridgehead atoms. The summed E-state index contributed by atoms with van der Waals surface area (Å²) in [6, 6.07) is 20.7. The molecule has 0 unspecified atom stereocenters. The van der Waals surface area contributed by atoms with E-state index < -0.39 is 5.97 Å². The lowest BCUT2D eigenvalue weighted by Crippen LogP contribution is -2.37. The Kier molecular flexibility index (Phi) is 13.2. The van der Waals surface area contributed by atoms with Gasteiger partial charge in [-0.05, 0) is 98.8 Å². The first kappa shape index (κ1) is 35.3. The second-order valence-corrected chi connectivity index (χ2v) is 13.4. The molecule has 0 atom stereocenters. The fraction of sp³-hybridized carbons (Fsp3) is 0.472. The number of carboxylic acid groups (broad SMARTS) is 1. The molecule has 4 aromatic rings. The summed E-state index contributed by atoms with van der Waals surface area (Å²) >= 11 is 1.46. The monoisotopic (exact) mass is 671 g/mol. The minimum Gasteiger partial charge on any atom is -0.489 e. The minimum absolute atomic E-state index is 0. The van der Waals surface area contributed by atoms with Crippen LogP contribution in [0, 0.1) is 0 Å². The van der Waals surface area contributed by atoms with E-state index in [2.05, 4.69) is 57.8 Å². The molecule has 0 amide bonds. The lowest BCUT2D eigenvalue weighted by molar-refractivity contribution is 0.0702. The average Bonchev–Trinajstić information content (AvgIpc) is 3.61. The number of aromatic carboxylic acids is 1. The Morgan fingerprint density at radius 2 is 1.58 bits per heavy atom. The van der Waals surface area contributed by atoms with Crippen LogP contribution in [0.3, 0.4) is 0 Å². The van der Waals surface area contributed by atoms with E-state index in [1.54, 1.807) is 0 Å². The van der Waals surface area contributed by atoms with Gasteiger partial charge < -0.3 is 24.2 Å². The molecule has 3 heterocycles. The lowest BCUT2D eigenvalue weighted by Gasteiger charge is -2.28. The van der Waals surface area contributed by atoms with Crippen LogP contribution in [0.25, 0.3) is 21.5 Å². The van der Waals surface area contributed by atoms with Crippen LogP contribution in [0.4, 0.5) is 0 Å². The van der Waals surface area contributed by atoms with Crippen molar-refractivity contribution in [2.24, 2.45) is 0 Å². The maximum Gasteiger partial charge on any atom is 0.345 e. The Bertz CT molecular complexity index is 1490. The predicted octanol–water partition coefficient (Wildman–Crippen LogP) is 8.96.